The molecule has 0 aliphatic carbocycles. The average Bonchev–Trinajstić information content (AvgIpc) is 2.75. The quantitative estimate of drug-likeness (QED) is 0.714. The molecule has 2 amide bonds. The fraction of sp³-hybridized carbons (Fsp3) is 0.652. The van der Waals surface area contributed by atoms with Crippen molar-refractivity contribution in [1.29, 1.82) is 0 Å². The number of ether oxygens (including phenoxy) is 1. The molecule has 3 heterocycles. The molecule has 1 N–H and O–H groups in total. The first-order chi connectivity index (χ1) is 14.2. The summed E-state index contributed by atoms with van der Waals surface area (Å²) < 4.78 is 5.57. The Morgan fingerprint density at radius 3 is 2.79 bits per heavy atom. The normalized spacial score (nSPS) is 29.4. The fourth-order valence-corrected chi connectivity index (χ4v) is 5.54. The van der Waals surface area contributed by atoms with E-state index in [2.05, 4.69) is 15.1 Å². The number of fused-ring (bicyclic) bond motifs is 4. The molecule has 0 spiro atoms. The van der Waals surface area contributed by atoms with E-state index in [9.17, 15) is 9.59 Å². The molecule has 4 rings (SSSR count). The van der Waals surface area contributed by atoms with Gasteiger partial charge in [0.2, 0.25) is 5.91 Å². The number of hydrogen-bond donors (Lipinski definition) is 1. The highest BCUT2D eigenvalue weighted by Gasteiger charge is 2.49. The minimum absolute atomic E-state index is 0.0576. The van der Waals surface area contributed by atoms with Crippen molar-refractivity contribution in [2.45, 2.75) is 44.7 Å². The molecule has 2 bridgehead atoms. The zero-order chi connectivity index (χ0) is 20.2. The Labute approximate surface area is 173 Å². The van der Waals surface area contributed by atoms with E-state index < -0.39 is 0 Å². The third kappa shape index (κ3) is 4.48. The molecule has 0 saturated carbocycles. The smallest absolute Gasteiger partial charge is 0.251 e. The molecular formula is C23H33N3O3. The topological polar surface area (TPSA) is 61.9 Å². The van der Waals surface area contributed by atoms with Crippen molar-refractivity contribution in [3.63, 3.8) is 0 Å². The van der Waals surface area contributed by atoms with Crippen LogP contribution in [0.15, 0.2) is 30.3 Å². The molecule has 0 aromatic heterocycles. The van der Waals surface area contributed by atoms with Crippen LogP contribution in [0, 0.1) is 11.8 Å². The van der Waals surface area contributed by atoms with E-state index in [0.717, 1.165) is 52.1 Å². The van der Waals surface area contributed by atoms with Gasteiger partial charge in [-0.25, -0.2) is 0 Å². The zero-order valence-electron chi connectivity index (χ0n) is 17.4. The monoisotopic (exact) mass is 399 g/mol. The van der Waals surface area contributed by atoms with Crippen LogP contribution in [0.2, 0.25) is 0 Å². The van der Waals surface area contributed by atoms with Crippen molar-refractivity contribution in [2.24, 2.45) is 11.8 Å². The molecule has 4 atom stereocenters. The lowest BCUT2D eigenvalue weighted by molar-refractivity contribution is -0.152. The maximum Gasteiger partial charge on any atom is 0.251 e. The van der Waals surface area contributed by atoms with Gasteiger partial charge >= 0.3 is 0 Å². The maximum absolute atomic E-state index is 12.9. The number of hydrogen-bond acceptors (Lipinski definition) is 4. The van der Waals surface area contributed by atoms with Crippen LogP contribution in [0.1, 0.15) is 43.0 Å². The molecule has 0 unspecified atom stereocenters. The van der Waals surface area contributed by atoms with E-state index in [1.807, 2.05) is 37.3 Å². The van der Waals surface area contributed by atoms with Crippen LogP contribution >= 0.6 is 0 Å². The summed E-state index contributed by atoms with van der Waals surface area (Å²) >= 11 is 0. The second kappa shape index (κ2) is 9.26. The van der Waals surface area contributed by atoms with Gasteiger partial charge in [0.1, 0.15) is 0 Å². The summed E-state index contributed by atoms with van der Waals surface area (Å²) in [4.78, 5) is 30.1. The molecule has 3 aliphatic rings. The molecule has 0 radical (unpaired) electrons. The number of benzene rings is 1. The second-order valence-electron chi connectivity index (χ2n) is 8.62. The molecule has 3 aliphatic heterocycles. The highest BCUT2D eigenvalue weighted by molar-refractivity contribution is 5.94. The highest BCUT2D eigenvalue weighted by Crippen LogP contribution is 2.41. The first kappa shape index (κ1) is 20.4. The first-order valence-corrected chi connectivity index (χ1v) is 11.1. The van der Waals surface area contributed by atoms with E-state index in [0.29, 0.717) is 36.4 Å². The number of nitrogens with zero attached hydrogens (tertiary/aromatic N) is 2. The minimum Gasteiger partial charge on any atom is -0.380 e. The lowest BCUT2D eigenvalue weighted by Gasteiger charge is -2.56. The number of nitrogens with one attached hydrogen (secondary N) is 1. The SMILES string of the molecule is CCOCCN1C[C@H]2C[C@@H](C1)[C@H](CNC(=O)c1ccccc1)N1C(=O)CCC[C@@H]21. The predicted octanol–water partition coefficient (Wildman–Crippen LogP) is 2.15. The van der Waals surface area contributed by atoms with E-state index >= 15 is 0 Å². The molecular weight excluding hydrogens is 366 g/mol. The Balaban J connectivity index is 1.47. The molecule has 158 valence electrons. The molecule has 6 nitrogen and oxygen atoms in total. The Morgan fingerprint density at radius 1 is 1.21 bits per heavy atom. The Hall–Kier alpha value is -1.92. The van der Waals surface area contributed by atoms with E-state index in [1.54, 1.807) is 0 Å². The largest absolute Gasteiger partial charge is 0.380 e. The summed E-state index contributed by atoms with van der Waals surface area (Å²) in [6.45, 7) is 7.06. The van der Waals surface area contributed by atoms with E-state index in [4.69, 9.17) is 4.74 Å². The molecule has 29 heavy (non-hydrogen) atoms. The van der Waals surface area contributed by atoms with Crippen LogP contribution in [0.4, 0.5) is 0 Å². The van der Waals surface area contributed by atoms with Crippen molar-refractivity contribution in [3.8, 4) is 0 Å². The maximum atomic E-state index is 12.9. The van der Waals surface area contributed by atoms with Crippen LogP contribution in [-0.2, 0) is 9.53 Å². The first-order valence-electron chi connectivity index (χ1n) is 11.1. The van der Waals surface area contributed by atoms with Crippen molar-refractivity contribution >= 4 is 11.8 Å². The van der Waals surface area contributed by atoms with Gasteiger partial charge in [0.25, 0.3) is 5.91 Å². The van der Waals surface area contributed by atoms with Gasteiger partial charge in [0.05, 0.1) is 12.6 Å². The van der Waals surface area contributed by atoms with Gasteiger partial charge in [-0.3, -0.25) is 9.59 Å². The number of amides is 2. The number of piperidine rings is 3. The van der Waals surface area contributed by atoms with Gasteiger partial charge in [-0.05, 0) is 50.2 Å². The van der Waals surface area contributed by atoms with Gasteiger partial charge in [-0.1, -0.05) is 18.2 Å². The third-order valence-electron chi connectivity index (χ3n) is 6.84. The van der Waals surface area contributed by atoms with E-state index in [1.165, 1.54) is 0 Å². The minimum atomic E-state index is -0.0576. The van der Waals surface area contributed by atoms with Crippen LogP contribution < -0.4 is 5.32 Å². The Morgan fingerprint density at radius 2 is 2.00 bits per heavy atom. The van der Waals surface area contributed by atoms with Crippen LogP contribution in [0.3, 0.4) is 0 Å². The summed E-state index contributed by atoms with van der Waals surface area (Å²) in [7, 11) is 0. The second-order valence-corrected chi connectivity index (χ2v) is 8.62. The summed E-state index contributed by atoms with van der Waals surface area (Å²) in [6, 6.07) is 9.73. The van der Waals surface area contributed by atoms with Gasteiger partial charge in [0.15, 0.2) is 0 Å². The third-order valence-corrected chi connectivity index (χ3v) is 6.84. The Kier molecular flexibility index (Phi) is 6.50. The van der Waals surface area contributed by atoms with Gasteiger partial charge in [-0.2, -0.15) is 0 Å². The number of likely N-dealkylation sites (tertiary alicyclic amines) is 1. The van der Waals surface area contributed by atoms with Gasteiger partial charge < -0.3 is 19.9 Å². The molecule has 1 aromatic rings. The average molecular weight is 400 g/mol. The lowest BCUT2D eigenvalue weighted by atomic mass is 9.72. The van der Waals surface area contributed by atoms with Crippen molar-refractivity contribution in [3.05, 3.63) is 35.9 Å². The number of carbonyl (C=O) groups excluding carboxylic acids is 2. The van der Waals surface area contributed by atoms with Crippen molar-refractivity contribution in [1.82, 2.24) is 15.1 Å². The number of carbonyl (C=O) groups is 2. The zero-order valence-corrected chi connectivity index (χ0v) is 17.4. The highest BCUT2D eigenvalue weighted by atomic mass is 16.5. The van der Waals surface area contributed by atoms with Crippen LogP contribution in [-0.4, -0.2) is 73.1 Å². The van der Waals surface area contributed by atoms with Crippen LogP contribution in [0.25, 0.3) is 0 Å². The van der Waals surface area contributed by atoms with E-state index in [-0.39, 0.29) is 17.9 Å². The Bertz CT molecular complexity index is 711. The summed E-state index contributed by atoms with van der Waals surface area (Å²) in [5.74, 6) is 1.17. The number of rotatable bonds is 7. The predicted molar refractivity (Wildman–Crippen MR) is 112 cm³/mol. The van der Waals surface area contributed by atoms with Crippen LogP contribution in [0.5, 0.6) is 0 Å². The molecule has 3 saturated heterocycles. The summed E-state index contributed by atoms with van der Waals surface area (Å²) in [6.07, 6.45) is 3.88. The van der Waals surface area contributed by atoms with Gasteiger partial charge in [-0.15, -0.1) is 0 Å². The van der Waals surface area contributed by atoms with Gasteiger partial charge in [0, 0.05) is 50.8 Å². The standard InChI is InChI=1S/C23H33N3O3/c1-2-29-12-11-25-15-18-13-19(16-25)21(26-20(18)9-6-10-22(26)27)14-24-23(28)17-7-4-3-5-8-17/h3-5,7-8,18-21H,2,6,9-16H2,1H3,(H,24,28)/t18-,19+,20+,21+/m1/s1. The summed E-state index contributed by atoms with van der Waals surface area (Å²) in [5.41, 5.74) is 0.671. The molecule has 6 heteroatoms. The fourth-order valence-electron chi connectivity index (χ4n) is 5.54. The van der Waals surface area contributed by atoms with Crippen molar-refractivity contribution in [2.75, 3.05) is 39.4 Å². The lowest BCUT2D eigenvalue weighted by Crippen LogP contribution is -2.67. The van der Waals surface area contributed by atoms with Crippen molar-refractivity contribution < 1.29 is 14.3 Å². The molecule has 1 aromatic carbocycles. The molecule has 3 fully saturated rings. The summed E-state index contributed by atoms with van der Waals surface area (Å²) in [5, 5.41) is 3.12.